The molecule has 0 aliphatic heterocycles. The molecule has 0 spiro atoms. The molecular weight excluding hydrogens is 444 g/mol. The van der Waals surface area contributed by atoms with E-state index in [0.29, 0.717) is 17.4 Å². The van der Waals surface area contributed by atoms with Crippen LogP contribution in [0.2, 0.25) is 0 Å². The van der Waals surface area contributed by atoms with Crippen LogP contribution < -0.4 is 19.5 Å². The van der Waals surface area contributed by atoms with Crippen LogP contribution in [-0.4, -0.2) is 37.5 Å². The van der Waals surface area contributed by atoms with Crippen LogP contribution in [0.1, 0.15) is 32.3 Å². The highest BCUT2D eigenvalue weighted by Crippen LogP contribution is 2.21. The van der Waals surface area contributed by atoms with Crippen molar-refractivity contribution in [1.29, 1.82) is 0 Å². The second-order valence-electron chi connectivity index (χ2n) is 7.55. The van der Waals surface area contributed by atoms with E-state index in [1.165, 1.54) is 49.3 Å². The number of nitrogens with zero attached hydrogens (tertiary/aromatic N) is 2. The smallest absolute Gasteiger partial charge is 0.265 e. The molecule has 33 heavy (non-hydrogen) atoms. The van der Waals surface area contributed by atoms with Crippen molar-refractivity contribution in [2.75, 3.05) is 17.1 Å². The number of rotatable bonds is 9. The largest absolute Gasteiger partial charge is 0.481 e. The first-order chi connectivity index (χ1) is 15.7. The van der Waals surface area contributed by atoms with E-state index in [1.807, 2.05) is 24.3 Å². The van der Waals surface area contributed by atoms with Crippen molar-refractivity contribution in [2.45, 2.75) is 37.7 Å². The molecule has 10 heteroatoms. The third-order valence-electron chi connectivity index (χ3n) is 4.75. The Kier molecular flexibility index (Phi) is 7.49. The van der Waals surface area contributed by atoms with Crippen molar-refractivity contribution in [3.8, 4) is 11.6 Å². The minimum atomic E-state index is -3.88. The first-order valence-corrected chi connectivity index (χ1v) is 11.7. The molecule has 0 saturated heterocycles. The highest BCUT2D eigenvalue weighted by atomic mass is 32.2. The average molecular weight is 471 g/mol. The van der Waals surface area contributed by atoms with Gasteiger partial charge in [0, 0.05) is 11.8 Å². The molecule has 2 N–H and O–H groups in total. The molecule has 174 valence electrons. The molecule has 0 aliphatic carbocycles. The van der Waals surface area contributed by atoms with E-state index < -0.39 is 16.1 Å². The van der Waals surface area contributed by atoms with Crippen molar-refractivity contribution in [2.24, 2.45) is 0 Å². The van der Waals surface area contributed by atoms with Crippen molar-refractivity contribution in [3.63, 3.8) is 0 Å². The molecule has 0 fully saturated rings. The van der Waals surface area contributed by atoms with Crippen LogP contribution in [0.15, 0.2) is 65.8 Å². The third-order valence-corrected chi connectivity index (χ3v) is 6.12. The average Bonchev–Trinajstić information content (AvgIpc) is 2.79. The van der Waals surface area contributed by atoms with Crippen molar-refractivity contribution < 1.29 is 22.7 Å². The Labute approximate surface area is 193 Å². The minimum absolute atomic E-state index is 0.00705. The van der Waals surface area contributed by atoms with Crippen LogP contribution in [0.5, 0.6) is 11.6 Å². The van der Waals surface area contributed by atoms with Gasteiger partial charge < -0.3 is 14.8 Å². The number of hydrogen-bond acceptors (Lipinski definition) is 7. The summed E-state index contributed by atoms with van der Waals surface area (Å²) in [6.45, 7) is 5.85. The molecule has 3 aromatic rings. The van der Waals surface area contributed by atoms with Gasteiger partial charge in [-0.05, 0) is 54.8 Å². The second kappa shape index (κ2) is 10.3. The number of carbonyl (C=O) groups is 1. The molecule has 2 aromatic carbocycles. The fourth-order valence-corrected chi connectivity index (χ4v) is 3.85. The van der Waals surface area contributed by atoms with E-state index in [9.17, 15) is 13.2 Å². The van der Waals surface area contributed by atoms with Crippen LogP contribution in [0.4, 0.5) is 11.5 Å². The van der Waals surface area contributed by atoms with Crippen LogP contribution in [0, 0.1) is 0 Å². The Hall–Kier alpha value is -3.66. The Morgan fingerprint density at radius 2 is 1.64 bits per heavy atom. The Balaban J connectivity index is 1.61. The lowest BCUT2D eigenvalue weighted by Gasteiger charge is -2.16. The monoisotopic (exact) mass is 470 g/mol. The molecule has 1 aromatic heterocycles. The summed E-state index contributed by atoms with van der Waals surface area (Å²) in [5.41, 5.74) is 1.62. The number of aromatic nitrogens is 2. The van der Waals surface area contributed by atoms with Crippen LogP contribution in [0.25, 0.3) is 0 Å². The first-order valence-electron chi connectivity index (χ1n) is 10.2. The Morgan fingerprint density at radius 1 is 0.970 bits per heavy atom. The summed E-state index contributed by atoms with van der Waals surface area (Å²) >= 11 is 0. The van der Waals surface area contributed by atoms with E-state index in [-0.39, 0.29) is 22.5 Å². The lowest BCUT2D eigenvalue weighted by atomic mass is 10.0. The molecule has 1 heterocycles. The summed E-state index contributed by atoms with van der Waals surface area (Å²) in [4.78, 5) is 20.2. The van der Waals surface area contributed by atoms with Crippen molar-refractivity contribution in [3.05, 3.63) is 66.5 Å². The molecule has 3 rings (SSSR count). The summed E-state index contributed by atoms with van der Waals surface area (Å²) in [6, 6.07) is 14.7. The summed E-state index contributed by atoms with van der Waals surface area (Å²) < 4.78 is 38.2. The molecule has 0 aliphatic rings. The normalized spacial score (nSPS) is 12.2. The van der Waals surface area contributed by atoms with Gasteiger partial charge in [0.25, 0.3) is 15.9 Å². The molecule has 0 radical (unpaired) electrons. The van der Waals surface area contributed by atoms with Gasteiger partial charge in [-0.1, -0.05) is 26.0 Å². The zero-order valence-electron chi connectivity index (χ0n) is 18.8. The highest BCUT2D eigenvalue weighted by molar-refractivity contribution is 7.92. The number of benzene rings is 2. The van der Waals surface area contributed by atoms with Gasteiger partial charge in [-0.2, -0.15) is 0 Å². The van der Waals surface area contributed by atoms with E-state index in [4.69, 9.17) is 9.47 Å². The fourth-order valence-electron chi connectivity index (χ4n) is 2.85. The van der Waals surface area contributed by atoms with Crippen LogP contribution in [-0.2, 0) is 14.8 Å². The number of sulfonamides is 1. The van der Waals surface area contributed by atoms with Crippen LogP contribution in [0.3, 0.4) is 0 Å². The maximum atomic E-state index is 12.6. The van der Waals surface area contributed by atoms with Gasteiger partial charge in [0.05, 0.1) is 12.0 Å². The lowest BCUT2D eigenvalue weighted by Crippen LogP contribution is -2.30. The number of ether oxygens (including phenoxy) is 2. The number of amides is 1. The van der Waals surface area contributed by atoms with Crippen molar-refractivity contribution in [1.82, 2.24) is 9.97 Å². The summed E-state index contributed by atoms with van der Waals surface area (Å²) in [6.07, 6.45) is 0.449. The van der Waals surface area contributed by atoms with Crippen molar-refractivity contribution >= 4 is 27.4 Å². The summed E-state index contributed by atoms with van der Waals surface area (Å²) in [7, 11) is -2.46. The van der Waals surface area contributed by atoms with Gasteiger partial charge in [0.15, 0.2) is 6.10 Å². The highest BCUT2D eigenvalue weighted by Gasteiger charge is 2.18. The zero-order valence-corrected chi connectivity index (χ0v) is 19.6. The third kappa shape index (κ3) is 6.42. The predicted octanol–water partition coefficient (Wildman–Crippen LogP) is 3.82. The fraction of sp³-hybridized carbons (Fsp3) is 0.261. The maximum Gasteiger partial charge on any atom is 0.265 e. The minimum Gasteiger partial charge on any atom is -0.481 e. The Bertz CT molecular complexity index is 1200. The van der Waals surface area contributed by atoms with Gasteiger partial charge in [-0.25, -0.2) is 18.4 Å². The van der Waals surface area contributed by atoms with E-state index in [0.717, 1.165) is 0 Å². The standard InChI is InChI=1S/C23H26N4O5S/c1-15(2)17-5-9-19(10-6-17)32-16(3)23(28)26-18-7-11-20(12-8-18)33(29,30)27-21-13-22(31-4)25-14-24-21/h5-16H,1-4H3,(H,26,28)(H,24,25,27). The van der Waals surface area contributed by atoms with Gasteiger partial charge in [-0.3, -0.25) is 9.52 Å². The zero-order chi connectivity index (χ0) is 24.0. The van der Waals surface area contributed by atoms with Gasteiger partial charge in [0.1, 0.15) is 17.9 Å². The quantitative estimate of drug-likeness (QED) is 0.488. The molecule has 0 saturated carbocycles. The molecular formula is C23H26N4O5S. The summed E-state index contributed by atoms with van der Waals surface area (Å²) in [5, 5.41) is 2.72. The number of carbonyl (C=O) groups excluding carboxylic acids is 1. The topological polar surface area (TPSA) is 120 Å². The van der Waals surface area contributed by atoms with E-state index in [1.54, 1.807) is 6.92 Å². The molecule has 0 bridgehead atoms. The molecule has 9 nitrogen and oxygen atoms in total. The lowest BCUT2D eigenvalue weighted by molar-refractivity contribution is -0.122. The summed E-state index contributed by atoms with van der Waals surface area (Å²) in [5.74, 6) is 0.950. The predicted molar refractivity (Wildman–Crippen MR) is 125 cm³/mol. The Morgan fingerprint density at radius 3 is 2.24 bits per heavy atom. The van der Waals surface area contributed by atoms with Gasteiger partial charge in [-0.15, -0.1) is 0 Å². The van der Waals surface area contributed by atoms with Gasteiger partial charge in [0.2, 0.25) is 5.88 Å². The number of nitrogens with one attached hydrogen (secondary N) is 2. The molecule has 1 atom stereocenters. The van der Waals surface area contributed by atoms with Crippen LogP contribution >= 0.6 is 0 Å². The van der Waals surface area contributed by atoms with E-state index in [2.05, 4.69) is 33.9 Å². The first kappa shape index (κ1) is 24.0. The number of methoxy groups -OCH3 is 1. The SMILES string of the molecule is COc1cc(NS(=O)(=O)c2ccc(NC(=O)C(C)Oc3ccc(C(C)C)cc3)cc2)ncn1. The molecule has 1 amide bonds. The maximum absolute atomic E-state index is 12.6. The number of anilines is 2. The second-order valence-corrected chi connectivity index (χ2v) is 9.23. The molecule has 1 unspecified atom stereocenters. The number of hydrogen-bond donors (Lipinski definition) is 2. The van der Waals surface area contributed by atoms with Gasteiger partial charge >= 0.3 is 0 Å². The van der Waals surface area contributed by atoms with E-state index >= 15 is 0 Å².